The maximum atomic E-state index is 4.07. The quantitative estimate of drug-likeness (QED) is 0.514. The van der Waals surface area contributed by atoms with Crippen molar-refractivity contribution in [2.75, 3.05) is 0 Å². The predicted molar refractivity (Wildman–Crippen MR) is 38.7 cm³/mol. The molecule has 4 heteroatoms. The molecule has 4 nitrogen and oxygen atoms in total. The summed E-state index contributed by atoms with van der Waals surface area (Å²) >= 11 is 0. The molecule has 0 radical (unpaired) electrons. The first-order valence-electron chi connectivity index (χ1n) is 3.32. The molecule has 0 bridgehead atoms. The molecular weight excluding hydrogens is 128 g/mol. The number of hydrogen-bond donors (Lipinski definition) is 0. The first-order chi connectivity index (χ1) is 4.95. The standard InChI is InChI=1S/C6H6N4/c1-4(7-1)10(5-2-8-5)6-3-9-6/h1-6H. The van der Waals surface area contributed by atoms with Gasteiger partial charge in [0, 0.05) is 18.6 Å². The van der Waals surface area contributed by atoms with Crippen LogP contribution in [0, 0.1) is 0 Å². The number of rotatable bonds is 3. The highest BCUT2D eigenvalue weighted by molar-refractivity contribution is 5.86. The van der Waals surface area contributed by atoms with E-state index in [-0.39, 0.29) is 0 Å². The Morgan fingerprint density at radius 2 is 1.10 bits per heavy atom. The van der Waals surface area contributed by atoms with Crippen LogP contribution in [0.15, 0.2) is 15.0 Å². The fourth-order valence-corrected chi connectivity index (χ4v) is 1.05. The second-order valence-electron chi connectivity index (χ2n) is 2.58. The van der Waals surface area contributed by atoms with Crippen LogP contribution in [0.25, 0.3) is 0 Å². The largest absolute Gasteiger partial charge is 0.269 e. The van der Waals surface area contributed by atoms with Crippen LogP contribution in [0.1, 0.15) is 0 Å². The highest BCUT2D eigenvalue weighted by atomic mass is 15.5. The molecule has 0 saturated heterocycles. The second kappa shape index (κ2) is 1.34. The molecule has 0 N–H and O–H groups in total. The lowest BCUT2D eigenvalue weighted by Crippen LogP contribution is -2.35. The van der Waals surface area contributed by atoms with Crippen molar-refractivity contribution in [1.82, 2.24) is 4.90 Å². The molecule has 3 heterocycles. The molecule has 0 aromatic heterocycles. The minimum absolute atomic E-state index is 0.292. The average molecular weight is 134 g/mol. The van der Waals surface area contributed by atoms with Crippen molar-refractivity contribution in [1.29, 1.82) is 0 Å². The first-order valence-corrected chi connectivity index (χ1v) is 3.32. The molecule has 10 heavy (non-hydrogen) atoms. The van der Waals surface area contributed by atoms with Crippen molar-refractivity contribution in [2.45, 2.75) is 18.5 Å². The Balaban J connectivity index is 1.70. The SMILES string of the molecule is C1=NC1N(C1C=N1)C1C=N1. The molecule has 0 aliphatic carbocycles. The molecule has 0 aromatic rings. The van der Waals surface area contributed by atoms with Crippen LogP contribution in [0.2, 0.25) is 0 Å². The van der Waals surface area contributed by atoms with Crippen LogP contribution < -0.4 is 0 Å². The molecule has 0 saturated carbocycles. The molecule has 3 aliphatic rings. The molecule has 0 spiro atoms. The van der Waals surface area contributed by atoms with E-state index in [0.29, 0.717) is 18.5 Å². The van der Waals surface area contributed by atoms with Gasteiger partial charge in [0.2, 0.25) is 0 Å². The topological polar surface area (TPSA) is 40.3 Å². The van der Waals surface area contributed by atoms with Gasteiger partial charge in [-0.3, -0.25) is 15.0 Å². The molecule has 0 aromatic carbocycles. The van der Waals surface area contributed by atoms with Crippen molar-refractivity contribution < 1.29 is 0 Å². The lowest BCUT2D eigenvalue weighted by atomic mass is 10.4. The van der Waals surface area contributed by atoms with E-state index in [9.17, 15) is 0 Å². The van der Waals surface area contributed by atoms with Gasteiger partial charge in [-0.15, -0.1) is 0 Å². The van der Waals surface area contributed by atoms with E-state index in [1.807, 2.05) is 18.6 Å². The fraction of sp³-hybridized carbons (Fsp3) is 0.500. The minimum Gasteiger partial charge on any atom is -0.269 e. The van der Waals surface area contributed by atoms with Crippen molar-refractivity contribution in [3.8, 4) is 0 Å². The summed E-state index contributed by atoms with van der Waals surface area (Å²) < 4.78 is 0. The molecule has 50 valence electrons. The molecule has 0 fully saturated rings. The lowest BCUT2D eigenvalue weighted by Gasteiger charge is -2.15. The molecule has 0 amide bonds. The third-order valence-corrected chi connectivity index (χ3v) is 1.76. The van der Waals surface area contributed by atoms with Crippen LogP contribution in [0.3, 0.4) is 0 Å². The summed E-state index contributed by atoms with van der Waals surface area (Å²) in [5.74, 6) is 0. The van der Waals surface area contributed by atoms with Crippen molar-refractivity contribution in [3.05, 3.63) is 0 Å². The summed E-state index contributed by atoms with van der Waals surface area (Å²) in [5.41, 5.74) is 0. The fourth-order valence-electron chi connectivity index (χ4n) is 1.05. The number of hydrogen-bond acceptors (Lipinski definition) is 4. The molecular formula is C6H6N4. The third-order valence-electron chi connectivity index (χ3n) is 1.76. The van der Waals surface area contributed by atoms with Crippen molar-refractivity contribution >= 4 is 18.6 Å². The van der Waals surface area contributed by atoms with E-state index in [2.05, 4.69) is 19.9 Å². The normalized spacial score (nSPS) is 44.7. The van der Waals surface area contributed by atoms with Crippen LogP contribution in [0.5, 0.6) is 0 Å². The number of nitrogens with zero attached hydrogens (tertiary/aromatic N) is 4. The summed E-state index contributed by atoms with van der Waals surface area (Å²) in [6.45, 7) is 0. The van der Waals surface area contributed by atoms with Gasteiger partial charge < -0.3 is 0 Å². The lowest BCUT2D eigenvalue weighted by molar-refractivity contribution is 0.265. The Morgan fingerprint density at radius 3 is 1.30 bits per heavy atom. The van der Waals surface area contributed by atoms with Gasteiger partial charge in [-0.05, 0) is 0 Å². The first kappa shape index (κ1) is 4.73. The summed E-state index contributed by atoms with van der Waals surface area (Å²) in [6, 6.07) is 0. The highest BCUT2D eigenvalue weighted by Gasteiger charge is 2.40. The molecule has 0 atom stereocenters. The van der Waals surface area contributed by atoms with Crippen LogP contribution in [-0.2, 0) is 0 Å². The Hall–Kier alpha value is -1.03. The van der Waals surface area contributed by atoms with E-state index in [0.717, 1.165) is 0 Å². The van der Waals surface area contributed by atoms with E-state index in [4.69, 9.17) is 0 Å². The Bertz CT molecular complexity index is 194. The van der Waals surface area contributed by atoms with Crippen LogP contribution in [0.4, 0.5) is 0 Å². The number of aliphatic imine (C=N–C) groups is 3. The van der Waals surface area contributed by atoms with Gasteiger partial charge in [0.1, 0.15) is 18.5 Å². The van der Waals surface area contributed by atoms with Gasteiger partial charge in [0.15, 0.2) is 0 Å². The Labute approximate surface area is 58.0 Å². The van der Waals surface area contributed by atoms with Gasteiger partial charge in [0.25, 0.3) is 0 Å². The van der Waals surface area contributed by atoms with Gasteiger partial charge >= 0.3 is 0 Å². The molecule has 0 unspecified atom stereocenters. The maximum Gasteiger partial charge on any atom is 0.141 e. The van der Waals surface area contributed by atoms with Crippen molar-refractivity contribution in [2.24, 2.45) is 15.0 Å². The van der Waals surface area contributed by atoms with Crippen LogP contribution in [-0.4, -0.2) is 42.0 Å². The zero-order chi connectivity index (χ0) is 6.55. The Morgan fingerprint density at radius 1 is 0.800 bits per heavy atom. The van der Waals surface area contributed by atoms with Gasteiger partial charge in [-0.1, -0.05) is 0 Å². The third kappa shape index (κ3) is 0.623. The average Bonchev–Trinajstić information content (AvgIpc) is 2.78. The smallest absolute Gasteiger partial charge is 0.141 e. The van der Waals surface area contributed by atoms with E-state index < -0.39 is 0 Å². The zero-order valence-electron chi connectivity index (χ0n) is 5.25. The van der Waals surface area contributed by atoms with Gasteiger partial charge in [-0.25, -0.2) is 4.90 Å². The minimum atomic E-state index is 0.292. The summed E-state index contributed by atoms with van der Waals surface area (Å²) in [4.78, 5) is 14.4. The van der Waals surface area contributed by atoms with E-state index >= 15 is 0 Å². The van der Waals surface area contributed by atoms with Gasteiger partial charge in [0.05, 0.1) is 0 Å². The predicted octanol–water partition coefficient (Wildman–Crippen LogP) is -0.480. The second-order valence-corrected chi connectivity index (χ2v) is 2.58. The molecule has 3 aliphatic heterocycles. The van der Waals surface area contributed by atoms with E-state index in [1.165, 1.54) is 0 Å². The van der Waals surface area contributed by atoms with Crippen molar-refractivity contribution in [3.63, 3.8) is 0 Å². The highest BCUT2D eigenvalue weighted by Crippen LogP contribution is 2.25. The molecule has 3 rings (SSSR count). The zero-order valence-corrected chi connectivity index (χ0v) is 5.25. The summed E-state index contributed by atoms with van der Waals surface area (Å²) in [5, 5.41) is 0. The summed E-state index contributed by atoms with van der Waals surface area (Å²) in [6.07, 6.45) is 6.64. The Kier molecular flexibility index (Phi) is 0.637. The summed E-state index contributed by atoms with van der Waals surface area (Å²) in [7, 11) is 0. The monoisotopic (exact) mass is 134 g/mol. The van der Waals surface area contributed by atoms with Crippen LogP contribution >= 0.6 is 0 Å². The van der Waals surface area contributed by atoms with Gasteiger partial charge in [-0.2, -0.15) is 0 Å². The van der Waals surface area contributed by atoms with E-state index in [1.54, 1.807) is 0 Å². The maximum absolute atomic E-state index is 4.07.